The minimum Gasteiger partial charge on any atom is -0.318 e. The monoisotopic (exact) mass is 462 g/mol. The molecule has 9 nitrogen and oxygen atoms in total. The van der Waals surface area contributed by atoms with E-state index in [1.54, 1.807) is 48.7 Å². The van der Waals surface area contributed by atoms with Crippen LogP contribution in [-0.4, -0.2) is 48.7 Å². The number of amides is 4. The van der Waals surface area contributed by atoms with E-state index >= 15 is 0 Å². The van der Waals surface area contributed by atoms with Crippen LogP contribution in [0.15, 0.2) is 52.1 Å². The third-order valence-electron chi connectivity index (χ3n) is 5.61. The lowest BCUT2D eigenvalue weighted by molar-refractivity contribution is -0.141. The molecule has 3 heterocycles. The van der Waals surface area contributed by atoms with Crippen LogP contribution in [0.5, 0.6) is 0 Å². The average molecular weight is 463 g/mol. The van der Waals surface area contributed by atoms with Crippen molar-refractivity contribution in [2.45, 2.75) is 29.5 Å². The largest absolute Gasteiger partial charge is 0.344 e. The molecule has 0 unspecified atom stereocenters. The first-order valence-electron chi connectivity index (χ1n) is 9.80. The number of hydrogen-bond acceptors (Lipinski definition) is 6. The van der Waals surface area contributed by atoms with E-state index in [0.717, 1.165) is 11.3 Å². The van der Waals surface area contributed by atoms with E-state index in [2.05, 4.69) is 10.7 Å². The normalized spacial score (nSPS) is 24.8. The molecule has 0 bridgehead atoms. The topological polar surface area (TPSA) is 116 Å². The van der Waals surface area contributed by atoms with E-state index in [0.29, 0.717) is 30.0 Å². The molecule has 2 fully saturated rings. The third kappa shape index (κ3) is 3.84. The van der Waals surface area contributed by atoms with E-state index < -0.39 is 39.3 Å². The maximum absolute atomic E-state index is 13.0. The van der Waals surface area contributed by atoms with Crippen molar-refractivity contribution in [1.82, 2.24) is 20.1 Å². The summed E-state index contributed by atoms with van der Waals surface area (Å²) in [5.41, 5.74) is 1.69. The first-order chi connectivity index (χ1) is 14.7. The first kappa shape index (κ1) is 21.5. The van der Waals surface area contributed by atoms with Crippen LogP contribution in [0.3, 0.4) is 0 Å². The number of hydrogen-bond donors (Lipinski definition) is 2. The van der Waals surface area contributed by atoms with E-state index in [4.69, 9.17) is 0 Å². The molecule has 1 aromatic heterocycles. The highest BCUT2D eigenvalue weighted by molar-refractivity contribution is 7.91. The summed E-state index contributed by atoms with van der Waals surface area (Å²) in [5.74, 6) is -1.84. The van der Waals surface area contributed by atoms with Gasteiger partial charge in [0, 0.05) is 13.1 Å². The molecular formula is C20H22N4O5S2. The number of nitrogens with zero attached hydrogens (tertiary/aromatic N) is 2. The Kier molecular flexibility index (Phi) is 5.58. The quantitative estimate of drug-likeness (QED) is 0.656. The van der Waals surface area contributed by atoms with Gasteiger partial charge in [-0.25, -0.2) is 13.2 Å². The SMILES string of the molecule is C[C@@]1(c2ccccc2)NC(=O)N(NC(=O)[C@H]2CCCN(S(=O)(=O)c3cccs3)C2)C1=O. The number of thiophene rings is 1. The fourth-order valence-corrected chi connectivity index (χ4v) is 6.49. The van der Waals surface area contributed by atoms with Gasteiger partial charge in [0.2, 0.25) is 5.91 Å². The Hall–Kier alpha value is -2.76. The minimum absolute atomic E-state index is 0.00826. The fraction of sp³-hybridized carbons (Fsp3) is 0.350. The number of rotatable bonds is 5. The molecule has 4 amide bonds. The predicted octanol–water partition coefficient (Wildman–Crippen LogP) is 1.65. The van der Waals surface area contributed by atoms with E-state index in [1.807, 2.05) is 0 Å². The Balaban J connectivity index is 1.47. The smallest absolute Gasteiger partial charge is 0.318 e. The van der Waals surface area contributed by atoms with Crippen molar-refractivity contribution in [3.63, 3.8) is 0 Å². The molecule has 1 aromatic carbocycles. The zero-order valence-electron chi connectivity index (χ0n) is 16.8. The zero-order valence-corrected chi connectivity index (χ0v) is 18.4. The van der Waals surface area contributed by atoms with Crippen LogP contribution in [0.2, 0.25) is 0 Å². The maximum atomic E-state index is 13.0. The van der Waals surface area contributed by atoms with Crippen LogP contribution < -0.4 is 10.7 Å². The number of hydrazine groups is 1. The summed E-state index contributed by atoms with van der Waals surface area (Å²) in [6.45, 7) is 1.88. The number of carbonyl (C=O) groups excluding carboxylic acids is 3. The number of piperidine rings is 1. The van der Waals surface area contributed by atoms with Crippen molar-refractivity contribution in [3.05, 3.63) is 53.4 Å². The van der Waals surface area contributed by atoms with E-state index in [9.17, 15) is 22.8 Å². The Morgan fingerprint density at radius 1 is 1.19 bits per heavy atom. The van der Waals surface area contributed by atoms with Crippen molar-refractivity contribution >= 4 is 39.2 Å². The van der Waals surface area contributed by atoms with Gasteiger partial charge in [-0.05, 0) is 36.8 Å². The van der Waals surface area contributed by atoms with Crippen LogP contribution >= 0.6 is 11.3 Å². The van der Waals surface area contributed by atoms with Gasteiger partial charge in [-0.3, -0.25) is 15.0 Å². The second-order valence-corrected chi connectivity index (χ2v) is 10.8. The number of carbonyl (C=O) groups is 3. The van der Waals surface area contributed by atoms with Gasteiger partial charge in [0.25, 0.3) is 15.9 Å². The highest BCUT2D eigenvalue weighted by Gasteiger charge is 2.50. The Labute approximate surface area is 184 Å². The number of benzene rings is 1. The lowest BCUT2D eigenvalue weighted by atomic mass is 9.92. The summed E-state index contributed by atoms with van der Waals surface area (Å²) < 4.78 is 27.1. The zero-order chi connectivity index (χ0) is 22.2. The third-order valence-corrected chi connectivity index (χ3v) is 8.85. The summed E-state index contributed by atoms with van der Waals surface area (Å²) >= 11 is 1.12. The molecular weight excluding hydrogens is 440 g/mol. The fourth-order valence-electron chi connectivity index (χ4n) is 3.82. The molecule has 11 heteroatoms. The summed E-state index contributed by atoms with van der Waals surface area (Å²) in [7, 11) is -3.68. The van der Waals surface area contributed by atoms with Crippen LogP contribution in [0.25, 0.3) is 0 Å². The van der Waals surface area contributed by atoms with Gasteiger partial charge in [0.15, 0.2) is 0 Å². The van der Waals surface area contributed by atoms with E-state index in [-0.39, 0.29) is 10.8 Å². The number of urea groups is 1. The van der Waals surface area contributed by atoms with Crippen LogP contribution in [0, 0.1) is 5.92 Å². The molecule has 2 N–H and O–H groups in total. The van der Waals surface area contributed by atoms with Crippen LogP contribution in [0.1, 0.15) is 25.3 Å². The second kappa shape index (κ2) is 8.06. The molecule has 2 aromatic rings. The molecule has 4 rings (SSSR count). The van der Waals surface area contributed by atoms with Crippen LogP contribution in [0.4, 0.5) is 4.79 Å². The minimum atomic E-state index is -3.68. The molecule has 0 spiro atoms. The van der Waals surface area contributed by atoms with Gasteiger partial charge in [-0.1, -0.05) is 36.4 Å². The van der Waals surface area contributed by atoms with Crippen molar-refractivity contribution in [3.8, 4) is 0 Å². The number of sulfonamides is 1. The average Bonchev–Trinajstić information content (AvgIpc) is 3.39. The molecule has 2 aliphatic rings. The van der Waals surface area contributed by atoms with Gasteiger partial charge in [-0.2, -0.15) is 9.31 Å². The predicted molar refractivity (Wildman–Crippen MR) is 113 cm³/mol. The second-order valence-electron chi connectivity index (χ2n) is 7.67. The van der Waals surface area contributed by atoms with Gasteiger partial charge < -0.3 is 5.32 Å². The maximum Gasteiger partial charge on any atom is 0.344 e. The number of nitrogens with one attached hydrogen (secondary N) is 2. The van der Waals surface area contributed by atoms with Gasteiger partial charge in [-0.15, -0.1) is 11.3 Å². The van der Waals surface area contributed by atoms with Crippen molar-refractivity contribution < 1.29 is 22.8 Å². The van der Waals surface area contributed by atoms with Gasteiger partial charge in [0.05, 0.1) is 5.92 Å². The molecule has 164 valence electrons. The molecule has 2 aliphatic heterocycles. The van der Waals surface area contributed by atoms with Crippen molar-refractivity contribution in [2.75, 3.05) is 13.1 Å². The molecule has 0 radical (unpaired) electrons. The van der Waals surface area contributed by atoms with Gasteiger partial charge >= 0.3 is 6.03 Å². The first-order valence-corrected chi connectivity index (χ1v) is 12.1. The lowest BCUT2D eigenvalue weighted by Crippen LogP contribution is -2.52. The Bertz CT molecular complexity index is 1100. The summed E-state index contributed by atoms with van der Waals surface area (Å²) in [6.07, 6.45) is 0.965. The van der Waals surface area contributed by atoms with Crippen molar-refractivity contribution in [2.24, 2.45) is 5.92 Å². The summed E-state index contributed by atoms with van der Waals surface area (Å²) in [4.78, 5) is 38.3. The molecule has 2 atom stereocenters. The molecule has 0 aliphatic carbocycles. The summed E-state index contributed by atoms with van der Waals surface area (Å²) in [5, 5.41) is 4.99. The standard InChI is InChI=1S/C20H22N4O5S2/c1-20(15-8-3-2-4-9-15)18(26)24(19(27)21-20)22-17(25)14-7-5-11-23(13-14)31(28,29)16-10-6-12-30-16/h2-4,6,8-10,12,14H,5,7,11,13H2,1H3,(H,21,27)(H,22,25)/t14-,20-/m0/s1. The highest BCUT2D eigenvalue weighted by atomic mass is 32.2. The highest BCUT2D eigenvalue weighted by Crippen LogP contribution is 2.29. The van der Waals surface area contributed by atoms with E-state index in [1.165, 1.54) is 10.4 Å². The van der Waals surface area contributed by atoms with Gasteiger partial charge in [0.1, 0.15) is 9.75 Å². The Morgan fingerprint density at radius 3 is 2.61 bits per heavy atom. The lowest BCUT2D eigenvalue weighted by Gasteiger charge is -2.31. The molecule has 2 saturated heterocycles. The van der Waals surface area contributed by atoms with Crippen molar-refractivity contribution in [1.29, 1.82) is 0 Å². The molecule has 0 saturated carbocycles. The molecule has 31 heavy (non-hydrogen) atoms. The van der Waals surface area contributed by atoms with Crippen LogP contribution in [-0.2, 0) is 25.2 Å². The Morgan fingerprint density at radius 2 is 1.94 bits per heavy atom. The number of imide groups is 1. The summed E-state index contributed by atoms with van der Waals surface area (Å²) in [6, 6.07) is 11.2.